The van der Waals surface area contributed by atoms with Crippen LogP contribution in [0.4, 0.5) is 0 Å². The first kappa shape index (κ1) is 20.1. The minimum absolute atomic E-state index is 0.111. The van der Waals surface area contributed by atoms with Crippen molar-refractivity contribution in [2.75, 3.05) is 13.1 Å². The van der Waals surface area contributed by atoms with Crippen LogP contribution < -0.4 is 0 Å². The van der Waals surface area contributed by atoms with Crippen molar-refractivity contribution in [1.82, 2.24) is 9.88 Å². The van der Waals surface area contributed by atoms with E-state index in [9.17, 15) is 4.79 Å². The first-order valence-electron chi connectivity index (χ1n) is 10.4. The number of rotatable bonds is 3. The molecule has 1 aliphatic rings. The third-order valence-electron chi connectivity index (χ3n) is 5.82. The zero-order chi connectivity index (χ0) is 20.5. The lowest BCUT2D eigenvalue weighted by Crippen LogP contribution is -2.42. The molecule has 3 aromatic rings. The fraction of sp³-hybridized carbons (Fsp3) is 0.360. The van der Waals surface area contributed by atoms with Gasteiger partial charge in [-0.05, 0) is 54.5 Å². The summed E-state index contributed by atoms with van der Waals surface area (Å²) in [5.41, 5.74) is 4.79. The van der Waals surface area contributed by atoms with E-state index < -0.39 is 0 Å². The van der Waals surface area contributed by atoms with Gasteiger partial charge in [0, 0.05) is 28.5 Å². The van der Waals surface area contributed by atoms with E-state index in [-0.39, 0.29) is 5.91 Å². The number of nitrogens with zero attached hydrogens (tertiary/aromatic N) is 2. The predicted octanol–water partition coefficient (Wildman–Crippen LogP) is 6.34. The number of carbonyl (C=O) groups is 1. The molecule has 0 bridgehead atoms. The molecule has 150 valence electrons. The van der Waals surface area contributed by atoms with Gasteiger partial charge in [-0.1, -0.05) is 61.0 Å². The van der Waals surface area contributed by atoms with Gasteiger partial charge in [0.2, 0.25) is 0 Å². The van der Waals surface area contributed by atoms with Gasteiger partial charge in [0.05, 0.1) is 16.8 Å². The van der Waals surface area contributed by atoms with Crippen LogP contribution in [0.3, 0.4) is 0 Å². The first-order valence-corrected chi connectivity index (χ1v) is 11.2. The smallest absolute Gasteiger partial charge is 0.254 e. The van der Waals surface area contributed by atoms with E-state index in [1.807, 2.05) is 29.2 Å². The topological polar surface area (TPSA) is 33.2 Å². The van der Waals surface area contributed by atoms with Crippen LogP contribution in [0.2, 0.25) is 0 Å². The lowest BCUT2D eigenvalue weighted by molar-refractivity contribution is 0.0625. The molecule has 2 aromatic carbocycles. The number of hydrogen-bond acceptors (Lipinski definition) is 2. The van der Waals surface area contributed by atoms with Gasteiger partial charge in [0.25, 0.3) is 5.91 Å². The zero-order valence-corrected chi connectivity index (χ0v) is 18.9. The maximum absolute atomic E-state index is 13.6. The highest BCUT2D eigenvalue weighted by molar-refractivity contribution is 9.10. The fourth-order valence-electron chi connectivity index (χ4n) is 4.43. The Bertz CT molecular complexity index is 1030. The van der Waals surface area contributed by atoms with Gasteiger partial charge < -0.3 is 4.90 Å². The summed E-state index contributed by atoms with van der Waals surface area (Å²) in [4.78, 5) is 20.5. The summed E-state index contributed by atoms with van der Waals surface area (Å²) in [7, 11) is 0. The monoisotopic (exact) mass is 450 g/mol. The van der Waals surface area contributed by atoms with Gasteiger partial charge in [-0.2, -0.15) is 0 Å². The van der Waals surface area contributed by atoms with Crippen molar-refractivity contribution in [3.05, 3.63) is 64.1 Å². The Morgan fingerprint density at radius 2 is 1.76 bits per heavy atom. The quantitative estimate of drug-likeness (QED) is 0.465. The van der Waals surface area contributed by atoms with E-state index >= 15 is 0 Å². The second kappa shape index (κ2) is 8.27. The summed E-state index contributed by atoms with van der Waals surface area (Å²) in [6.45, 7) is 8.26. The molecule has 0 spiro atoms. The molecule has 3 nitrogen and oxygen atoms in total. The van der Waals surface area contributed by atoms with E-state index in [1.54, 1.807) is 0 Å². The summed E-state index contributed by atoms with van der Waals surface area (Å²) < 4.78 is 0.960. The van der Waals surface area contributed by atoms with Crippen LogP contribution in [0.25, 0.3) is 22.2 Å². The number of likely N-dealkylation sites (tertiary alicyclic amines) is 1. The van der Waals surface area contributed by atoms with Gasteiger partial charge in [-0.15, -0.1) is 0 Å². The highest BCUT2D eigenvalue weighted by atomic mass is 79.9. The number of carbonyl (C=O) groups excluding carboxylic acids is 1. The standard InChI is InChI=1S/C25H27BrN2O/c1-4-18-5-7-19(8-6-18)24-13-22(21-12-20(26)9-10-23(21)27-24)25(29)28-14-16(2)11-17(3)15-28/h5-10,12-13,16-17H,4,11,14-15H2,1-3H3. The molecular formula is C25H27BrN2O. The summed E-state index contributed by atoms with van der Waals surface area (Å²) >= 11 is 3.56. The number of amides is 1. The summed E-state index contributed by atoms with van der Waals surface area (Å²) in [6, 6.07) is 16.4. The Hall–Kier alpha value is -2.20. The molecular weight excluding hydrogens is 424 g/mol. The number of fused-ring (bicyclic) bond motifs is 1. The van der Waals surface area contributed by atoms with Crippen LogP contribution >= 0.6 is 15.9 Å². The van der Waals surface area contributed by atoms with E-state index in [2.05, 4.69) is 61.0 Å². The predicted molar refractivity (Wildman–Crippen MR) is 123 cm³/mol. The van der Waals surface area contributed by atoms with Crippen molar-refractivity contribution < 1.29 is 4.79 Å². The Morgan fingerprint density at radius 1 is 1.07 bits per heavy atom. The van der Waals surface area contributed by atoms with Gasteiger partial charge in [0.15, 0.2) is 0 Å². The average molecular weight is 451 g/mol. The lowest BCUT2D eigenvalue weighted by atomic mass is 9.91. The first-order chi connectivity index (χ1) is 13.9. The number of aryl methyl sites for hydroxylation is 1. The molecule has 0 N–H and O–H groups in total. The average Bonchev–Trinajstić information content (AvgIpc) is 2.72. The van der Waals surface area contributed by atoms with Gasteiger partial charge in [-0.3, -0.25) is 4.79 Å². The molecule has 1 amide bonds. The van der Waals surface area contributed by atoms with Crippen LogP contribution in [-0.2, 0) is 6.42 Å². The normalized spacial score (nSPS) is 19.5. The second-order valence-corrected chi connectivity index (χ2v) is 9.34. The number of aromatic nitrogens is 1. The number of piperidine rings is 1. The third-order valence-corrected chi connectivity index (χ3v) is 6.31. The van der Waals surface area contributed by atoms with Gasteiger partial charge >= 0.3 is 0 Å². The van der Waals surface area contributed by atoms with Crippen LogP contribution in [0.1, 0.15) is 43.1 Å². The highest BCUT2D eigenvalue weighted by Gasteiger charge is 2.27. The van der Waals surface area contributed by atoms with Crippen LogP contribution in [-0.4, -0.2) is 28.9 Å². The largest absolute Gasteiger partial charge is 0.338 e. The van der Waals surface area contributed by atoms with Gasteiger partial charge in [-0.25, -0.2) is 4.98 Å². The molecule has 2 atom stereocenters. The highest BCUT2D eigenvalue weighted by Crippen LogP contribution is 2.30. The molecule has 0 radical (unpaired) electrons. The molecule has 4 heteroatoms. The summed E-state index contributed by atoms with van der Waals surface area (Å²) in [5.74, 6) is 1.17. The summed E-state index contributed by atoms with van der Waals surface area (Å²) in [5, 5.41) is 0.907. The van der Waals surface area contributed by atoms with Crippen LogP contribution in [0.15, 0.2) is 53.0 Å². The molecule has 4 rings (SSSR count). The van der Waals surface area contributed by atoms with E-state index in [4.69, 9.17) is 4.98 Å². The Balaban J connectivity index is 1.82. The van der Waals surface area contributed by atoms with Crippen LogP contribution in [0, 0.1) is 11.8 Å². The Kier molecular flexibility index (Phi) is 5.73. The minimum atomic E-state index is 0.111. The Morgan fingerprint density at radius 3 is 2.41 bits per heavy atom. The molecule has 0 saturated carbocycles. The molecule has 0 aliphatic carbocycles. The van der Waals surface area contributed by atoms with E-state index in [1.165, 1.54) is 12.0 Å². The number of halogens is 1. The zero-order valence-electron chi connectivity index (χ0n) is 17.3. The molecule has 2 heterocycles. The SMILES string of the molecule is CCc1ccc(-c2cc(C(=O)N3CC(C)CC(C)C3)c3cc(Br)ccc3n2)cc1. The van der Waals surface area contributed by atoms with Crippen molar-refractivity contribution >= 4 is 32.7 Å². The van der Waals surface area contributed by atoms with Crippen molar-refractivity contribution in [2.45, 2.75) is 33.6 Å². The Labute approximate surface area is 181 Å². The number of benzene rings is 2. The third kappa shape index (κ3) is 4.23. The molecule has 1 aliphatic heterocycles. The van der Waals surface area contributed by atoms with E-state index in [0.717, 1.165) is 51.7 Å². The number of hydrogen-bond donors (Lipinski definition) is 0. The van der Waals surface area contributed by atoms with Crippen LogP contribution in [0.5, 0.6) is 0 Å². The maximum atomic E-state index is 13.6. The molecule has 29 heavy (non-hydrogen) atoms. The molecule has 1 fully saturated rings. The van der Waals surface area contributed by atoms with Gasteiger partial charge in [0.1, 0.15) is 0 Å². The van der Waals surface area contributed by atoms with Crippen molar-refractivity contribution in [2.24, 2.45) is 11.8 Å². The lowest BCUT2D eigenvalue weighted by Gasteiger charge is -2.35. The van der Waals surface area contributed by atoms with Crippen molar-refractivity contribution in [3.63, 3.8) is 0 Å². The maximum Gasteiger partial charge on any atom is 0.254 e. The van der Waals surface area contributed by atoms with Crippen molar-refractivity contribution in [1.29, 1.82) is 0 Å². The molecule has 1 saturated heterocycles. The molecule has 1 aromatic heterocycles. The van der Waals surface area contributed by atoms with Crippen molar-refractivity contribution in [3.8, 4) is 11.3 Å². The number of pyridine rings is 1. The van der Waals surface area contributed by atoms with E-state index in [0.29, 0.717) is 11.8 Å². The summed E-state index contributed by atoms with van der Waals surface area (Å²) in [6.07, 6.45) is 2.19. The second-order valence-electron chi connectivity index (χ2n) is 8.42. The minimum Gasteiger partial charge on any atom is -0.338 e. The fourth-order valence-corrected chi connectivity index (χ4v) is 4.79. The molecule has 2 unspecified atom stereocenters.